The van der Waals surface area contributed by atoms with Gasteiger partial charge in [0.25, 0.3) is 0 Å². The Morgan fingerprint density at radius 3 is 2.57 bits per heavy atom. The van der Waals surface area contributed by atoms with Gasteiger partial charge in [-0.1, -0.05) is 11.2 Å². The second-order valence-electron chi connectivity index (χ2n) is 7.48. The Morgan fingerprint density at radius 2 is 1.82 bits per heavy atom. The molecule has 0 saturated carbocycles. The van der Waals surface area contributed by atoms with Gasteiger partial charge in [-0.2, -0.15) is 4.98 Å². The largest absolute Gasteiger partial charge is 0.485 e. The fourth-order valence-electron chi connectivity index (χ4n) is 3.49. The topological polar surface area (TPSA) is 95.1 Å². The lowest BCUT2D eigenvalue weighted by atomic mass is 10.1. The van der Waals surface area contributed by atoms with Gasteiger partial charge < -0.3 is 19.5 Å². The number of β-amino-alcohol motifs (C(OH)–C–C–N with tert-alkyl or cyclic N) is 1. The molecule has 8 nitrogen and oxygen atoms in total. The molecular weight excluding hydrogens is 360 g/mol. The maximum atomic E-state index is 9.62. The molecule has 0 amide bonds. The molecule has 0 bridgehead atoms. The minimum absolute atomic E-state index is 0.199. The molecule has 28 heavy (non-hydrogen) atoms. The molecule has 0 aliphatic carbocycles. The van der Waals surface area contributed by atoms with E-state index in [4.69, 9.17) is 14.4 Å². The van der Waals surface area contributed by atoms with Gasteiger partial charge in [-0.3, -0.25) is 9.80 Å². The van der Waals surface area contributed by atoms with Gasteiger partial charge in [0.2, 0.25) is 11.7 Å². The molecule has 0 spiro atoms. The van der Waals surface area contributed by atoms with E-state index in [1.165, 1.54) is 0 Å². The molecule has 1 aromatic heterocycles. The van der Waals surface area contributed by atoms with Gasteiger partial charge in [-0.15, -0.1) is 0 Å². The van der Waals surface area contributed by atoms with E-state index in [1.54, 1.807) is 0 Å². The minimum Gasteiger partial charge on any atom is -0.485 e. The van der Waals surface area contributed by atoms with Crippen LogP contribution in [0.4, 0.5) is 0 Å². The summed E-state index contributed by atoms with van der Waals surface area (Å²) in [5.41, 5.74) is 2.32. The van der Waals surface area contributed by atoms with Crippen LogP contribution in [0.1, 0.15) is 29.3 Å². The summed E-state index contributed by atoms with van der Waals surface area (Å²) in [5.74, 6) is 1.93. The molecule has 8 heteroatoms. The number of ether oxygens (including phenoxy) is 1. The summed E-state index contributed by atoms with van der Waals surface area (Å²) in [6, 6.07) is 6.08. The summed E-state index contributed by atoms with van der Waals surface area (Å²) in [7, 11) is 0. The van der Waals surface area contributed by atoms with Crippen molar-refractivity contribution in [3.63, 3.8) is 0 Å². The normalized spacial score (nSPS) is 17.4. The van der Waals surface area contributed by atoms with Gasteiger partial charge in [0.15, 0.2) is 6.61 Å². The van der Waals surface area contributed by atoms with Crippen LogP contribution in [0, 0.1) is 13.8 Å². The van der Waals surface area contributed by atoms with Crippen molar-refractivity contribution in [2.75, 3.05) is 39.3 Å². The van der Waals surface area contributed by atoms with E-state index < -0.39 is 6.10 Å². The van der Waals surface area contributed by atoms with Crippen LogP contribution in [0.2, 0.25) is 0 Å². The first-order valence-corrected chi connectivity index (χ1v) is 9.78. The van der Waals surface area contributed by atoms with Gasteiger partial charge in [-0.25, -0.2) is 0 Å². The van der Waals surface area contributed by atoms with Crippen LogP contribution in [0.25, 0.3) is 0 Å². The van der Waals surface area contributed by atoms with E-state index in [-0.39, 0.29) is 13.2 Å². The average molecular weight is 390 g/mol. The lowest BCUT2D eigenvalue weighted by Gasteiger charge is -2.22. The van der Waals surface area contributed by atoms with Crippen molar-refractivity contribution < 1.29 is 19.5 Å². The van der Waals surface area contributed by atoms with Crippen molar-refractivity contribution in [3.05, 3.63) is 41.0 Å². The molecule has 154 valence electrons. The summed E-state index contributed by atoms with van der Waals surface area (Å²) >= 11 is 0. The summed E-state index contributed by atoms with van der Waals surface area (Å²) in [5, 5.41) is 22.6. The van der Waals surface area contributed by atoms with E-state index in [2.05, 4.69) is 26.0 Å². The van der Waals surface area contributed by atoms with Crippen LogP contribution in [0.3, 0.4) is 0 Å². The third-order valence-corrected chi connectivity index (χ3v) is 4.79. The van der Waals surface area contributed by atoms with Gasteiger partial charge in [0.05, 0.1) is 19.3 Å². The van der Waals surface area contributed by atoms with Crippen molar-refractivity contribution in [2.45, 2.75) is 39.5 Å². The Morgan fingerprint density at radius 1 is 1.11 bits per heavy atom. The highest BCUT2D eigenvalue weighted by Gasteiger charge is 2.19. The number of aromatic nitrogens is 2. The Kier molecular flexibility index (Phi) is 7.38. The fourth-order valence-corrected chi connectivity index (χ4v) is 3.49. The first kappa shape index (κ1) is 20.7. The summed E-state index contributed by atoms with van der Waals surface area (Å²) in [4.78, 5) is 8.89. The monoisotopic (exact) mass is 390 g/mol. The van der Waals surface area contributed by atoms with Crippen molar-refractivity contribution in [3.8, 4) is 5.75 Å². The Labute approximate surface area is 165 Å². The number of nitrogens with zero attached hydrogens (tertiary/aromatic N) is 4. The highest BCUT2D eigenvalue weighted by atomic mass is 16.5. The minimum atomic E-state index is -0.678. The van der Waals surface area contributed by atoms with Crippen molar-refractivity contribution in [1.29, 1.82) is 0 Å². The smallest absolute Gasteiger partial charge is 0.240 e. The van der Waals surface area contributed by atoms with Crippen LogP contribution in [-0.4, -0.2) is 75.6 Å². The SMILES string of the molecule is Cc1cc(C)cc(OCc2noc(CN3CCCN(CC(O)CO)CC3)n2)c1. The second-order valence-corrected chi connectivity index (χ2v) is 7.48. The predicted octanol–water partition coefficient (Wildman–Crippen LogP) is 1.13. The molecule has 1 saturated heterocycles. The van der Waals surface area contributed by atoms with Gasteiger partial charge in [0.1, 0.15) is 5.75 Å². The average Bonchev–Trinajstić information content (AvgIpc) is 2.99. The molecule has 1 unspecified atom stereocenters. The molecule has 3 rings (SSSR count). The van der Waals surface area contributed by atoms with E-state index >= 15 is 0 Å². The highest BCUT2D eigenvalue weighted by molar-refractivity contribution is 5.33. The maximum Gasteiger partial charge on any atom is 0.240 e. The molecule has 1 fully saturated rings. The Balaban J connectivity index is 1.47. The van der Waals surface area contributed by atoms with E-state index in [0.29, 0.717) is 24.8 Å². The van der Waals surface area contributed by atoms with Crippen LogP contribution in [-0.2, 0) is 13.2 Å². The zero-order valence-electron chi connectivity index (χ0n) is 16.7. The molecule has 1 aliphatic heterocycles. The fraction of sp³-hybridized carbons (Fsp3) is 0.600. The lowest BCUT2D eigenvalue weighted by Crippen LogP contribution is -2.37. The van der Waals surface area contributed by atoms with Crippen LogP contribution >= 0.6 is 0 Å². The molecule has 0 radical (unpaired) electrons. The van der Waals surface area contributed by atoms with Gasteiger partial charge in [-0.05, 0) is 56.6 Å². The van der Waals surface area contributed by atoms with Crippen molar-refractivity contribution >= 4 is 0 Å². The molecule has 2 aromatic rings. The number of benzene rings is 1. The number of hydrogen-bond donors (Lipinski definition) is 2. The highest BCUT2D eigenvalue weighted by Crippen LogP contribution is 2.17. The van der Waals surface area contributed by atoms with Crippen LogP contribution < -0.4 is 4.74 Å². The maximum absolute atomic E-state index is 9.62. The quantitative estimate of drug-likeness (QED) is 0.693. The zero-order chi connectivity index (χ0) is 19.9. The summed E-state index contributed by atoms with van der Waals surface area (Å²) in [6.07, 6.45) is 0.317. The summed E-state index contributed by atoms with van der Waals surface area (Å²) in [6.45, 7) is 8.81. The van der Waals surface area contributed by atoms with Crippen LogP contribution in [0.15, 0.2) is 22.7 Å². The van der Waals surface area contributed by atoms with Crippen LogP contribution in [0.5, 0.6) is 5.75 Å². The first-order valence-electron chi connectivity index (χ1n) is 9.78. The molecule has 1 atom stereocenters. The molecule has 2 N–H and O–H groups in total. The first-order chi connectivity index (χ1) is 13.5. The molecular formula is C20H30N4O4. The zero-order valence-corrected chi connectivity index (χ0v) is 16.7. The van der Waals surface area contributed by atoms with E-state index in [1.807, 2.05) is 26.0 Å². The van der Waals surface area contributed by atoms with Gasteiger partial charge in [0, 0.05) is 19.6 Å². The molecule has 2 heterocycles. The predicted molar refractivity (Wildman–Crippen MR) is 104 cm³/mol. The van der Waals surface area contributed by atoms with E-state index in [0.717, 1.165) is 49.5 Å². The third kappa shape index (κ3) is 6.27. The second kappa shape index (κ2) is 9.97. The van der Waals surface area contributed by atoms with Gasteiger partial charge >= 0.3 is 0 Å². The van der Waals surface area contributed by atoms with Crippen molar-refractivity contribution in [2.24, 2.45) is 0 Å². The lowest BCUT2D eigenvalue weighted by molar-refractivity contribution is 0.0601. The Hall–Kier alpha value is -2.00. The number of aryl methyl sites for hydroxylation is 2. The molecule has 1 aliphatic rings. The number of aliphatic hydroxyl groups excluding tert-OH is 2. The number of rotatable bonds is 8. The standard InChI is InChI=1S/C20H30N4O4/c1-15-8-16(2)10-18(9-15)27-14-19-21-20(28-22-19)12-24-5-3-4-23(6-7-24)11-17(26)13-25/h8-10,17,25-26H,3-7,11-14H2,1-2H3. The van der Waals surface area contributed by atoms with E-state index in [9.17, 15) is 5.11 Å². The molecule has 1 aromatic carbocycles. The number of hydrogen-bond acceptors (Lipinski definition) is 8. The summed E-state index contributed by atoms with van der Waals surface area (Å²) < 4.78 is 11.2. The third-order valence-electron chi connectivity index (χ3n) is 4.79. The van der Waals surface area contributed by atoms with Crippen molar-refractivity contribution in [1.82, 2.24) is 19.9 Å². The number of aliphatic hydroxyl groups is 2. The Bertz CT molecular complexity index is 731.